The van der Waals surface area contributed by atoms with Crippen molar-refractivity contribution in [2.75, 3.05) is 26.0 Å². The average Bonchev–Trinajstić information content (AvgIpc) is 3.11. The summed E-state index contributed by atoms with van der Waals surface area (Å²) in [5.74, 6) is -0.541. The molecule has 1 aromatic carbocycles. The standard InChI is InChI=1S/C23H31F2N3O5S/c1-15-12-16(6-7-18(15)24)20-14-27(10-11-32-34(5,30)31)21(26-20)17-8-9-28(13-19(17)25)22(29)33-23(2,3)4/h6-7,12,14,17,19H,8-11,13H2,1-5H3. The van der Waals surface area contributed by atoms with Crippen molar-refractivity contribution < 1.29 is 30.9 Å². The van der Waals surface area contributed by atoms with Gasteiger partial charge >= 0.3 is 6.09 Å². The van der Waals surface area contributed by atoms with Gasteiger partial charge in [0.1, 0.15) is 23.4 Å². The number of amides is 1. The van der Waals surface area contributed by atoms with E-state index < -0.39 is 33.9 Å². The van der Waals surface area contributed by atoms with Crippen LogP contribution in [0, 0.1) is 12.7 Å². The summed E-state index contributed by atoms with van der Waals surface area (Å²) >= 11 is 0. The minimum Gasteiger partial charge on any atom is -0.444 e. The van der Waals surface area contributed by atoms with E-state index in [9.17, 15) is 17.6 Å². The number of carbonyl (C=O) groups is 1. The van der Waals surface area contributed by atoms with E-state index >= 15 is 4.39 Å². The maximum Gasteiger partial charge on any atom is 0.410 e. The molecule has 1 amide bonds. The maximum atomic E-state index is 15.3. The summed E-state index contributed by atoms with van der Waals surface area (Å²) < 4.78 is 63.7. The van der Waals surface area contributed by atoms with Crippen molar-refractivity contribution in [2.24, 2.45) is 0 Å². The zero-order valence-electron chi connectivity index (χ0n) is 20.0. The molecule has 1 aliphatic heterocycles. The highest BCUT2D eigenvalue weighted by molar-refractivity contribution is 7.85. The Morgan fingerprint density at radius 3 is 2.59 bits per heavy atom. The van der Waals surface area contributed by atoms with E-state index in [-0.39, 0.29) is 32.1 Å². The Hall–Kier alpha value is -2.53. The number of likely N-dealkylation sites (tertiary alicyclic amines) is 1. The number of rotatable bonds is 6. The molecule has 3 rings (SSSR count). The van der Waals surface area contributed by atoms with Crippen molar-refractivity contribution in [3.05, 3.63) is 41.6 Å². The van der Waals surface area contributed by atoms with Gasteiger partial charge in [-0.2, -0.15) is 8.42 Å². The molecule has 0 bridgehead atoms. The summed E-state index contributed by atoms with van der Waals surface area (Å²) in [6.45, 7) is 7.03. The van der Waals surface area contributed by atoms with Gasteiger partial charge in [-0.25, -0.2) is 18.6 Å². The molecular weight excluding hydrogens is 468 g/mol. The Kier molecular flexibility index (Phi) is 7.66. The van der Waals surface area contributed by atoms with Crippen LogP contribution >= 0.6 is 0 Å². The van der Waals surface area contributed by atoms with Crippen LogP contribution in [0.25, 0.3) is 11.3 Å². The van der Waals surface area contributed by atoms with Gasteiger partial charge in [-0.1, -0.05) is 0 Å². The molecular formula is C23H31F2N3O5S. The number of carbonyl (C=O) groups excluding carboxylic acids is 1. The second-order valence-corrected chi connectivity index (χ2v) is 11.1. The van der Waals surface area contributed by atoms with Crippen molar-refractivity contribution in [3.8, 4) is 11.3 Å². The predicted molar refractivity (Wildman–Crippen MR) is 123 cm³/mol. The summed E-state index contributed by atoms with van der Waals surface area (Å²) in [4.78, 5) is 18.3. The number of halogens is 2. The Morgan fingerprint density at radius 1 is 1.29 bits per heavy atom. The molecule has 2 heterocycles. The first-order valence-electron chi connectivity index (χ1n) is 11.0. The molecule has 0 N–H and O–H groups in total. The SMILES string of the molecule is Cc1cc(-c2cn(CCOS(C)(=O)=O)c(C3CCN(C(=O)OC(C)(C)C)CC3F)n2)ccc1F. The highest BCUT2D eigenvalue weighted by Gasteiger charge is 2.37. The van der Waals surface area contributed by atoms with E-state index in [1.54, 1.807) is 50.6 Å². The van der Waals surface area contributed by atoms with Gasteiger partial charge < -0.3 is 14.2 Å². The number of imidazole rings is 1. The van der Waals surface area contributed by atoms with Gasteiger partial charge in [-0.3, -0.25) is 4.18 Å². The van der Waals surface area contributed by atoms with Crippen LogP contribution < -0.4 is 0 Å². The van der Waals surface area contributed by atoms with Crippen LogP contribution in [-0.2, 0) is 25.6 Å². The second kappa shape index (κ2) is 9.99. The molecule has 8 nitrogen and oxygen atoms in total. The summed E-state index contributed by atoms with van der Waals surface area (Å²) in [5.41, 5.74) is 0.935. The lowest BCUT2D eigenvalue weighted by atomic mass is 9.94. The summed E-state index contributed by atoms with van der Waals surface area (Å²) in [7, 11) is -3.64. The number of ether oxygens (including phenoxy) is 1. The molecule has 0 aliphatic carbocycles. The molecule has 2 unspecified atom stereocenters. The zero-order valence-corrected chi connectivity index (χ0v) is 20.9. The van der Waals surface area contributed by atoms with E-state index in [1.807, 2.05) is 0 Å². The zero-order chi connectivity index (χ0) is 25.3. The van der Waals surface area contributed by atoms with Crippen LogP contribution in [0.5, 0.6) is 0 Å². The smallest absolute Gasteiger partial charge is 0.410 e. The van der Waals surface area contributed by atoms with Crippen molar-refractivity contribution in [3.63, 3.8) is 0 Å². The van der Waals surface area contributed by atoms with Crippen molar-refractivity contribution in [1.29, 1.82) is 0 Å². The monoisotopic (exact) mass is 499 g/mol. The number of nitrogens with zero attached hydrogens (tertiary/aromatic N) is 3. The van der Waals surface area contributed by atoms with E-state index in [4.69, 9.17) is 8.92 Å². The first-order chi connectivity index (χ1) is 15.7. The number of hydrogen-bond acceptors (Lipinski definition) is 6. The van der Waals surface area contributed by atoms with Gasteiger partial charge in [0.15, 0.2) is 0 Å². The predicted octanol–water partition coefficient (Wildman–Crippen LogP) is 4.04. The molecule has 1 saturated heterocycles. The third kappa shape index (κ3) is 6.75. The molecule has 1 aromatic heterocycles. The molecule has 2 atom stereocenters. The molecule has 0 spiro atoms. The van der Waals surface area contributed by atoms with Gasteiger partial charge in [0.25, 0.3) is 10.1 Å². The molecule has 0 saturated carbocycles. The van der Waals surface area contributed by atoms with Crippen LogP contribution in [0.4, 0.5) is 13.6 Å². The lowest BCUT2D eigenvalue weighted by molar-refractivity contribution is 0.0105. The van der Waals surface area contributed by atoms with Crippen LogP contribution in [0.1, 0.15) is 44.5 Å². The van der Waals surface area contributed by atoms with Gasteiger partial charge in [-0.15, -0.1) is 0 Å². The summed E-state index contributed by atoms with van der Waals surface area (Å²) in [6.07, 6.45) is 0.979. The fraction of sp³-hybridized carbons (Fsp3) is 0.565. The first kappa shape index (κ1) is 26.1. The van der Waals surface area contributed by atoms with Crippen molar-refractivity contribution >= 4 is 16.2 Å². The number of aromatic nitrogens is 2. The van der Waals surface area contributed by atoms with Gasteiger partial charge in [0.05, 0.1) is 31.0 Å². The largest absolute Gasteiger partial charge is 0.444 e. The Morgan fingerprint density at radius 2 is 2.00 bits per heavy atom. The van der Waals surface area contributed by atoms with E-state index in [0.717, 1.165) is 6.26 Å². The number of alkyl halides is 1. The lowest BCUT2D eigenvalue weighted by Crippen LogP contribution is -2.46. The number of aryl methyl sites for hydroxylation is 1. The van der Waals surface area contributed by atoms with Crippen LogP contribution in [0.15, 0.2) is 24.4 Å². The fourth-order valence-corrected chi connectivity index (χ4v) is 4.20. The van der Waals surface area contributed by atoms with E-state index in [0.29, 0.717) is 29.1 Å². The summed E-state index contributed by atoms with van der Waals surface area (Å²) in [5, 5.41) is 0. The van der Waals surface area contributed by atoms with Crippen molar-refractivity contribution in [1.82, 2.24) is 14.5 Å². The number of piperidine rings is 1. The van der Waals surface area contributed by atoms with Crippen LogP contribution in [-0.4, -0.2) is 66.7 Å². The fourth-order valence-electron chi connectivity index (χ4n) is 3.82. The molecule has 1 fully saturated rings. The van der Waals surface area contributed by atoms with E-state index in [2.05, 4.69) is 4.98 Å². The molecule has 34 heavy (non-hydrogen) atoms. The lowest BCUT2D eigenvalue weighted by Gasteiger charge is -2.35. The van der Waals surface area contributed by atoms with Gasteiger partial charge in [0, 0.05) is 24.8 Å². The average molecular weight is 500 g/mol. The van der Waals surface area contributed by atoms with Gasteiger partial charge in [-0.05, 0) is 57.9 Å². The maximum absolute atomic E-state index is 15.3. The Balaban J connectivity index is 1.85. The summed E-state index contributed by atoms with van der Waals surface area (Å²) in [6, 6.07) is 4.58. The van der Waals surface area contributed by atoms with Gasteiger partial charge in [0.2, 0.25) is 0 Å². The molecule has 2 aromatic rings. The third-order valence-electron chi connectivity index (χ3n) is 5.42. The van der Waals surface area contributed by atoms with Crippen LogP contribution in [0.2, 0.25) is 0 Å². The topological polar surface area (TPSA) is 90.7 Å². The second-order valence-electron chi connectivity index (χ2n) is 9.51. The third-order valence-corrected chi connectivity index (χ3v) is 6.01. The molecule has 188 valence electrons. The highest BCUT2D eigenvalue weighted by atomic mass is 32.2. The first-order valence-corrected chi connectivity index (χ1v) is 12.8. The normalized spacial score (nSPS) is 19.3. The quantitative estimate of drug-likeness (QED) is 0.558. The minimum absolute atomic E-state index is 0.134. The molecule has 0 radical (unpaired) electrons. The molecule has 11 heteroatoms. The Labute approximate surface area is 199 Å². The Bertz CT molecular complexity index is 1140. The molecule has 1 aliphatic rings. The number of hydrogen-bond donors (Lipinski definition) is 0. The van der Waals surface area contributed by atoms with E-state index in [1.165, 1.54) is 11.0 Å². The number of benzene rings is 1. The minimum atomic E-state index is -3.64. The van der Waals surface area contributed by atoms with Crippen molar-refractivity contribution in [2.45, 2.75) is 58.4 Å². The van der Waals surface area contributed by atoms with Crippen LogP contribution in [0.3, 0.4) is 0 Å². The highest BCUT2D eigenvalue weighted by Crippen LogP contribution is 2.33.